The van der Waals surface area contributed by atoms with E-state index in [-0.39, 0.29) is 5.69 Å². The first kappa shape index (κ1) is 12.2. The number of carbonyl (C=O) groups is 2. The maximum absolute atomic E-state index is 11.5. The lowest BCUT2D eigenvalue weighted by atomic mass is 10.0. The highest BCUT2D eigenvalue weighted by atomic mass is 16.5. The fourth-order valence-electron chi connectivity index (χ4n) is 1.48. The zero-order valence-electron chi connectivity index (χ0n) is 9.45. The molecule has 0 aliphatic heterocycles. The lowest BCUT2D eigenvalue weighted by molar-refractivity contribution is 0.0527. The van der Waals surface area contributed by atoms with Crippen LogP contribution in [0, 0.1) is 0 Å². The molecule has 0 saturated carbocycles. The monoisotopic (exact) mass is 221 g/mol. The van der Waals surface area contributed by atoms with Gasteiger partial charge in [0.15, 0.2) is 0 Å². The Hall–Kier alpha value is -1.84. The summed E-state index contributed by atoms with van der Waals surface area (Å²) in [7, 11) is 0. The summed E-state index contributed by atoms with van der Waals surface area (Å²) < 4.78 is 4.87. The lowest BCUT2D eigenvalue weighted by Crippen LogP contribution is -2.10. The Morgan fingerprint density at radius 1 is 1.44 bits per heavy atom. The van der Waals surface area contributed by atoms with Gasteiger partial charge in [0.2, 0.25) is 0 Å². The standard InChI is InChI=1S/C12H15NO3/c1-3-8-5-10(12(15)16-4-2)11(13)6-9(8)7-14/h5-7H,3-4,13H2,1-2H3. The van der Waals surface area contributed by atoms with Gasteiger partial charge in [-0.3, -0.25) is 4.79 Å². The van der Waals surface area contributed by atoms with Crippen molar-refractivity contribution in [2.24, 2.45) is 0 Å². The normalized spacial score (nSPS) is 9.88. The second-order valence-electron chi connectivity index (χ2n) is 3.33. The summed E-state index contributed by atoms with van der Waals surface area (Å²) in [5.74, 6) is -0.452. The van der Waals surface area contributed by atoms with Crippen LogP contribution in [0.1, 0.15) is 40.1 Å². The number of nitrogen functional groups attached to an aromatic ring is 1. The number of benzene rings is 1. The minimum Gasteiger partial charge on any atom is -0.462 e. The highest BCUT2D eigenvalue weighted by Crippen LogP contribution is 2.19. The molecule has 86 valence electrons. The Balaban J connectivity index is 3.20. The van der Waals surface area contributed by atoms with Gasteiger partial charge in [-0.2, -0.15) is 0 Å². The third-order valence-electron chi connectivity index (χ3n) is 2.31. The van der Waals surface area contributed by atoms with E-state index in [1.54, 1.807) is 13.0 Å². The van der Waals surface area contributed by atoms with Crippen LogP contribution in [-0.2, 0) is 11.2 Å². The Bertz CT molecular complexity index is 413. The van der Waals surface area contributed by atoms with Gasteiger partial charge in [-0.1, -0.05) is 6.92 Å². The minimum absolute atomic E-state index is 0.276. The topological polar surface area (TPSA) is 69.4 Å². The molecule has 0 radical (unpaired) electrons. The van der Waals surface area contributed by atoms with Gasteiger partial charge in [-0.15, -0.1) is 0 Å². The fraction of sp³-hybridized carbons (Fsp3) is 0.333. The van der Waals surface area contributed by atoms with E-state index in [1.165, 1.54) is 6.07 Å². The summed E-state index contributed by atoms with van der Waals surface area (Å²) in [6.45, 7) is 3.94. The molecule has 0 spiro atoms. The molecule has 0 aliphatic carbocycles. The van der Waals surface area contributed by atoms with E-state index in [4.69, 9.17) is 10.5 Å². The summed E-state index contributed by atoms with van der Waals surface area (Å²) in [5, 5.41) is 0. The molecule has 0 amide bonds. The van der Waals surface area contributed by atoms with Crippen LogP contribution in [-0.4, -0.2) is 18.9 Å². The van der Waals surface area contributed by atoms with E-state index in [0.29, 0.717) is 24.2 Å². The van der Waals surface area contributed by atoms with Crippen LogP contribution in [0.15, 0.2) is 12.1 Å². The third kappa shape index (κ3) is 2.39. The molecule has 0 aromatic heterocycles. The summed E-state index contributed by atoms with van der Waals surface area (Å²) in [4.78, 5) is 22.3. The summed E-state index contributed by atoms with van der Waals surface area (Å²) >= 11 is 0. The fourth-order valence-corrected chi connectivity index (χ4v) is 1.48. The van der Waals surface area contributed by atoms with Gasteiger partial charge in [0.1, 0.15) is 6.29 Å². The molecule has 0 fully saturated rings. The first-order valence-electron chi connectivity index (χ1n) is 5.18. The van der Waals surface area contributed by atoms with Gasteiger partial charge < -0.3 is 10.5 Å². The van der Waals surface area contributed by atoms with Crippen molar-refractivity contribution in [2.45, 2.75) is 20.3 Å². The highest BCUT2D eigenvalue weighted by Gasteiger charge is 2.13. The van der Waals surface area contributed by atoms with Gasteiger partial charge in [0, 0.05) is 11.3 Å². The highest BCUT2D eigenvalue weighted by molar-refractivity contribution is 5.97. The van der Waals surface area contributed by atoms with Gasteiger partial charge in [-0.25, -0.2) is 4.79 Å². The van der Waals surface area contributed by atoms with Gasteiger partial charge in [0.05, 0.1) is 12.2 Å². The molecule has 1 aromatic carbocycles. The predicted molar refractivity (Wildman–Crippen MR) is 61.6 cm³/mol. The molecule has 16 heavy (non-hydrogen) atoms. The maximum atomic E-state index is 11.5. The van der Waals surface area contributed by atoms with Crippen LogP contribution in [0.5, 0.6) is 0 Å². The molecule has 2 N–H and O–H groups in total. The van der Waals surface area contributed by atoms with E-state index in [0.717, 1.165) is 11.8 Å². The van der Waals surface area contributed by atoms with Crippen molar-refractivity contribution in [3.05, 3.63) is 28.8 Å². The zero-order chi connectivity index (χ0) is 12.1. The first-order valence-corrected chi connectivity index (χ1v) is 5.18. The number of carbonyl (C=O) groups excluding carboxylic acids is 2. The van der Waals surface area contributed by atoms with Crippen LogP contribution >= 0.6 is 0 Å². The quantitative estimate of drug-likeness (QED) is 0.478. The smallest absolute Gasteiger partial charge is 0.340 e. The number of anilines is 1. The summed E-state index contributed by atoms with van der Waals surface area (Å²) in [6.07, 6.45) is 1.41. The average molecular weight is 221 g/mol. The molecule has 0 unspecified atom stereocenters. The molecule has 0 saturated heterocycles. The van der Waals surface area contributed by atoms with Crippen molar-refractivity contribution in [3.8, 4) is 0 Å². The number of ether oxygens (including phenoxy) is 1. The van der Waals surface area contributed by atoms with Crippen molar-refractivity contribution in [3.63, 3.8) is 0 Å². The number of rotatable bonds is 4. The molecule has 1 rings (SSSR count). The second-order valence-corrected chi connectivity index (χ2v) is 3.33. The Labute approximate surface area is 94.4 Å². The van der Waals surface area contributed by atoms with Crippen LogP contribution in [0.4, 0.5) is 5.69 Å². The Morgan fingerprint density at radius 3 is 2.62 bits per heavy atom. The molecule has 1 aromatic rings. The Kier molecular flexibility index (Phi) is 4.05. The van der Waals surface area contributed by atoms with Crippen LogP contribution in [0.3, 0.4) is 0 Å². The van der Waals surface area contributed by atoms with E-state index < -0.39 is 5.97 Å². The van der Waals surface area contributed by atoms with Crippen molar-refractivity contribution in [1.29, 1.82) is 0 Å². The van der Waals surface area contributed by atoms with Gasteiger partial charge in [-0.05, 0) is 31.0 Å². The van der Waals surface area contributed by atoms with Crippen molar-refractivity contribution in [1.82, 2.24) is 0 Å². The van der Waals surface area contributed by atoms with Gasteiger partial charge in [0.25, 0.3) is 0 Å². The predicted octanol–water partition coefficient (Wildman–Crippen LogP) is 1.82. The zero-order valence-corrected chi connectivity index (χ0v) is 9.45. The molecular formula is C12H15NO3. The molecule has 4 heteroatoms. The van der Waals surface area contributed by atoms with Crippen molar-refractivity contribution in [2.75, 3.05) is 12.3 Å². The number of nitrogens with two attached hydrogens (primary N) is 1. The lowest BCUT2D eigenvalue weighted by Gasteiger charge is -2.09. The summed E-state index contributed by atoms with van der Waals surface area (Å²) in [5.41, 5.74) is 7.61. The van der Waals surface area contributed by atoms with E-state index >= 15 is 0 Å². The maximum Gasteiger partial charge on any atom is 0.340 e. The van der Waals surface area contributed by atoms with Crippen LogP contribution in [0.2, 0.25) is 0 Å². The van der Waals surface area contributed by atoms with Crippen LogP contribution < -0.4 is 5.73 Å². The van der Waals surface area contributed by atoms with Gasteiger partial charge >= 0.3 is 5.97 Å². The summed E-state index contributed by atoms with van der Waals surface area (Å²) in [6, 6.07) is 3.13. The third-order valence-corrected chi connectivity index (χ3v) is 2.31. The molecule has 0 heterocycles. The number of aryl methyl sites for hydroxylation is 1. The first-order chi connectivity index (χ1) is 7.63. The number of esters is 1. The number of hydrogen-bond acceptors (Lipinski definition) is 4. The average Bonchev–Trinajstić information content (AvgIpc) is 2.28. The largest absolute Gasteiger partial charge is 0.462 e. The second kappa shape index (κ2) is 5.30. The Morgan fingerprint density at radius 2 is 2.12 bits per heavy atom. The van der Waals surface area contributed by atoms with Crippen molar-refractivity contribution >= 4 is 17.9 Å². The molecule has 0 aliphatic rings. The minimum atomic E-state index is -0.452. The number of hydrogen-bond donors (Lipinski definition) is 1. The molecule has 4 nitrogen and oxygen atoms in total. The number of aldehydes is 1. The van der Waals surface area contributed by atoms with Crippen molar-refractivity contribution < 1.29 is 14.3 Å². The molecule has 0 atom stereocenters. The molecular weight excluding hydrogens is 206 g/mol. The van der Waals surface area contributed by atoms with E-state index in [2.05, 4.69) is 0 Å². The van der Waals surface area contributed by atoms with Crippen LogP contribution in [0.25, 0.3) is 0 Å². The SMILES string of the molecule is CCOC(=O)c1cc(CC)c(C=O)cc1N. The van der Waals surface area contributed by atoms with E-state index in [9.17, 15) is 9.59 Å². The van der Waals surface area contributed by atoms with E-state index in [1.807, 2.05) is 6.92 Å². The molecule has 0 bridgehead atoms.